The third-order valence-electron chi connectivity index (χ3n) is 4.83. The molecular weight excluding hydrogens is 392 g/mol. The molecule has 0 amide bonds. The summed E-state index contributed by atoms with van der Waals surface area (Å²) in [5.74, 6) is -2.60. The lowest BCUT2D eigenvalue weighted by Crippen LogP contribution is -2.33. The Morgan fingerprint density at radius 3 is 2.50 bits per heavy atom. The highest BCUT2D eigenvalue weighted by Crippen LogP contribution is 2.25. The Balaban J connectivity index is 1.48. The zero-order valence-corrected chi connectivity index (χ0v) is 16.9. The van der Waals surface area contributed by atoms with Crippen LogP contribution in [0.4, 0.5) is 8.78 Å². The van der Waals surface area contributed by atoms with Gasteiger partial charge in [0.05, 0.1) is 18.8 Å². The fourth-order valence-corrected chi connectivity index (χ4v) is 3.06. The molecule has 2 unspecified atom stereocenters. The predicted octanol–water partition coefficient (Wildman–Crippen LogP) is 5.04. The van der Waals surface area contributed by atoms with E-state index in [0.29, 0.717) is 19.8 Å². The highest BCUT2D eigenvalue weighted by Gasteiger charge is 2.24. The van der Waals surface area contributed by atoms with Gasteiger partial charge >= 0.3 is 0 Å². The predicted molar refractivity (Wildman–Crippen MR) is 106 cm³/mol. The highest BCUT2D eigenvalue weighted by molar-refractivity contribution is 5.38. The molecule has 0 bridgehead atoms. The summed E-state index contributed by atoms with van der Waals surface area (Å²) in [7, 11) is 0. The first-order valence-electron chi connectivity index (χ1n) is 10.1. The molecule has 0 saturated carbocycles. The largest absolute Gasteiger partial charge is 0.486 e. The highest BCUT2D eigenvalue weighted by atomic mass is 19.2. The molecular formula is C23H25F2NO4. The Hall–Kier alpha value is -2.53. The molecule has 30 heavy (non-hydrogen) atoms. The van der Waals surface area contributed by atoms with Crippen LogP contribution < -0.4 is 4.74 Å². The van der Waals surface area contributed by atoms with Crippen LogP contribution in [0.5, 0.6) is 5.75 Å². The summed E-state index contributed by atoms with van der Waals surface area (Å²) in [5.41, 5.74) is 1.39. The number of ether oxygens (including phenoxy) is 4. The van der Waals surface area contributed by atoms with Gasteiger partial charge in [-0.1, -0.05) is 44.0 Å². The van der Waals surface area contributed by atoms with Crippen molar-refractivity contribution in [3.63, 3.8) is 0 Å². The van der Waals surface area contributed by atoms with Gasteiger partial charge in [-0.15, -0.1) is 0 Å². The van der Waals surface area contributed by atoms with E-state index in [-0.39, 0.29) is 30.3 Å². The van der Waals surface area contributed by atoms with E-state index in [2.05, 4.69) is 6.92 Å². The third kappa shape index (κ3) is 5.76. The van der Waals surface area contributed by atoms with Gasteiger partial charge < -0.3 is 18.9 Å². The van der Waals surface area contributed by atoms with Gasteiger partial charge in [-0.25, -0.2) is 4.39 Å². The normalized spacial score (nSPS) is 18.7. The fraction of sp³-hybridized carbons (Fsp3) is 0.435. The van der Waals surface area contributed by atoms with Crippen LogP contribution in [-0.4, -0.2) is 26.1 Å². The average molecular weight is 417 g/mol. The Bertz CT molecular complexity index is 859. The van der Waals surface area contributed by atoms with Gasteiger partial charge in [0.2, 0.25) is 5.82 Å². The molecule has 1 heterocycles. The van der Waals surface area contributed by atoms with Crippen molar-refractivity contribution >= 4 is 0 Å². The van der Waals surface area contributed by atoms with E-state index in [9.17, 15) is 8.78 Å². The molecule has 7 heteroatoms. The number of rotatable bonds is 9. The van der Waals surface area contributed by atoms with Crippen molar-refractivity contribution < 1.29 is 27.7 Å². The summed E-state index contributed by atoms with van der Waals surface area (Å²) in [6.45, 7) is 3.67. The summed E-state index contributed by atoms with van der Waals surface area (Å²) in [4.78, 5) is 0. The molecule has 0 spiro atoms. The third-order valence-corrected chi connectivity index (χ3v) is 4.83. The maximum atomic E-state index is 13.9. The van der Waals surface area contributed by atoms with Gasteiger partial charge in [0.25, 0.3) is 0 Å². The fourth-order valence-electron chi connectivity index (χ4n) is 3.06. The topological polar surface area (TPSA) is 60.7 Å². The van der Waals surface area contributed by atoms with Crippen molar-refractivity contribution in [2.75, 3.05) is 19.8 Å². The molecule has 3 rings (SSSR count). The monoisotopic (exact) mass is 417 g/mol. The van der Waals surface area contributed by atoms with Crippen molar-refractivity contribution in [3.8, 4) is 11.8 Å². The lowest BCUT2D eigenvalue weighted by molar-refractivity contribution is -0.236. The molecule has 0 radical (unpaired) electrons. The number of nitriles is 1. The molecule has 160 valence electrons. The molecule has 1 saturated heterocycles. The van der Waals surface area contributed by atoms with Crippen LogP contribution in [0, 0.1) is 23.0 Å². The van der Waals surface area contributed by atoms with Crippen LogP contribution in [0.2, 0.25) is 0 Å². The Morgan fingerprint density at radius 2 is 1.83 bits per heavy atom. The van der Waals surface area contributed by atoms with Gasteiger partial charge in [0.1, 0.15) is 18.8 Å². The zero-order chi connectivity index (χ0) is 21.3. The van der Waals surface area contributed by atoms with E-state index >= 15 is 0 Å². The van der Waals surface area contributed by atoms with Crippen molar-refractivity contribution in [1.29, 1.82) is 5.26 Å². The number of benzene rings is 2. The van der Waals surface area contributed by atoms with Gasteiger partial charge in [-0.05, 0) is 29.7 Å². The minimum atomic E-state index is -1.20. The van der Waals surface area contributed by atoms with E-state index < -0.39 is 11.6 Å². The Labute approximate surface area is 175 Å². The van der Waals surface area contributed by atoms with E-state index in [0.717, 1.165) is 30.4 Å². The second kappa shape index (κ2) is 11.0. The molecule has 2 atom stereocenters. The smallest absolute Gasteiger partial charge is 0.202 e. The van der Waals surface area contributed by atoms with E-state index in [1.165, 1.54) is 12.1 Å². The number of unbranched alkanes of at least 4 members (excludes halogenated alkanes) is 2. The van der Waals surface area contributed by atoms with E-state index in [1.807, 2.05) is 24.3 Å². The minimum absolute atomic E-state index is 0.0677. The van der Waals surface area contributed by atoms with Crippen molar-refractivity contribution in [2.24, 2.45) is 0 Å². The lowest BCUT2D eigenvalue weighted by Gasteiger charge is -2.29. The number of halogens is 2. The molecule has 1 aliphatic rings. The van der Waals surface area contributed by atoms with Gasteiger partial charge in [0.15, 0.2) is 17.9 Å². The first-order valence-corrected chi connectivity index (χ1v) is 10.1. The van der Waals surface area contributed by atoms with Crippen LogP contribution in [0.3, 0.4) is 0 Å². The van der Waals surface area contributed by atoms with Crippen LogP contribution in [0.25, 0.3) is 0 Å². The van der Waals surface area contributed by atoms with Crippen molar-refractivity contribution in [2.45, 2.75) is 45.2 Å². The van der Waals surface area contributed by atoms with Gasteiger partial charge in [0, 0.05) is 6.61 Å². The van der Waals surface area contributed by atoms with Crippen LogP contribution in [0.1, 0.15) is 49.0 Å². The van der Waals surface area contributed by atoms with E-state index in [1.54, 1.807) is 6.07 Å². The molecule has 0 N–H and O–H groups in total. The molecule has 0 aromatic heterocycles. The Morgan fingerprint density at radius 1 is 1.03 bits per heavy atom. The summed E-state index contributed by atoms with van der Waals surface area (Å²) < 4.78 is 50.2. The molecule has 2 aromatic rings. The molecule has 1 aliphatic heterocycles. The maximum absolute atomic E-state index is 13.9. The van der Waals surface area contributed by atoms with Gasteiger partial charge in [-0.2, -0.15) is 9.65 Å². The maximum Gasteiger partial charge on any atom is 0.202 e. The molecule has 2 aromatic carbocycles. The lowest BCUT2D eigenvalue weighted by atomic mass is 10.1. The summed E-state index contributed by atoms with van der Waals surface area (Å²) in [6, 6.07) is 11.5. The standard InChI is InChI=1S/C23H25F2NO4/c1-2-3-4-11-27-21-15-29-20(14-30-21)17-7-5-16(6-8-17)13-28-19-10-9-18(12-26)22(24)23(19)25/h5-10,20-21H,2-4,11,13-15H2,1H3. The van der Waals surface area contributed by atoms with E-state index in [4.69, 9.17) is 24.2 Å². The first-order chi connectivity index (χ1) is 14.6. The quantitative estimate of drug-likeness (QED) is 0.535. The summed E-state index contributed by atoms with van der Waals surface area (Å²) in [6.07, 6.45) is 2.80. The van der Waals surface area contributed by atoms with Crippen LogP contribution >= 0.6 is 0 Å². The summed E-state index contributed by atoms with van der Waals surface area (Å²) in [5, 5.41) is 8.72. The molecule has 5 nitrogen and oxygen atoms in total. The van der Waals surface area contributed by atoms with Crippen molar-refractivity contribution in [1.82, 2.24) is 0 Å². The molecule has 0 aliphatic carbocycles. The first kappa shape index (κ1) is 22.2. The second-order valence-corrected chi connectivity index (χ2v) is 7.04. The van der Waals surface area contributed by atoms with Gasteiger partial charge in [-0.3, -0.25) is 0 Å². The number of nitrogens with zero attached hydrogens (tertiary/aromatic N) is 1. The second-order valence-electron chi connectivity index (χ2n) is 7.04. The number of hydrogen-bond acceptors (Lipinski definition) is 5. The van der Waals surface area contributed by atoms with Crippen LogP contribution in [-0.2, 0) is 20.8 Å². The Kier molecular flexibility index (Phi) is 8.14. The zero-order valence-electron chi connectivity index (χ0n) is 16.9. The average Bonchev–Trinajstić information content (AvgIpc) is 2.79. The number of hydrogen-bond donors (Lipinski definition) is 0. The van der Waals surface area contributed by atoms with Crippen LogP contribution in [0.15, 0.2) is 36.4 Å². The molecule has 1 fully saturated rings. The van der Waals surface area contributed by atoms with Crippen molar-refractivity contribution in [3.05, 3.63) is 64.7 Å². The minimum Gasteiger partial charge on any atom is -0.486 e. The SMILES string of the molecule is CCCCCOC1COC(c2ccc(COc3ccc(C#N)c(F)c3F)cc2)CO1. The summed E-state index contributed by atoms with van der Waals surface area (Å²) >= 11 is 0.